The smallest absolute Gasteiger partial charge is 0.382 e. The van der Waals surface area contributed by atoms with Crippen LogP contribution in [0.25, 0.3) is 0 Å². The van der Waals surface area contributed by atoms with Crippen molar-refractivity contribution in [3.63, 3.8) is 0 Å². The van der Waals surface area contributed by atoms with Crippen LogP contribution in [0.4, 0.5) is 13.2 Å². The lowest BCUT2D eigenvalue weighted by Crippen LogP contribution is -2.41. The van der Waals surface area contributed by atoms with Gasteiger partial charge in [0.05, 0.1) is 6.54 Å². The fourth-order valence-corrected chi connectivity index (χ4v) is 1.30. The molecule has 1 saturated carbocycles. The second-order valence-electron chi connectivity index (χ2n) is 4.09. The van der Waals surface area contributed by atoms with Gasteiger partial charge < -0.3 is 10.4 Å². The Morgan fingerprint density at radius 2 is 2.22 bits per heavy atom. The summed E-state index contributed by atoms with van der Waals surface area (Å²) in [6.07, 6.45) is -5.43. The molecule has 1 aliphatic rings. The third-order valence-electron chi connectivity index (χ3n) is 2.50. The standard InChI is InChI=1S/C9H11F3N4O2/c10-9(11,12)5(17)3-13-8(18)7-14-6(15-16-7)4-1-2-4/h4-5,17H,1-3H2,(H,13,18)(H,14,15,16). The normalized spacial score (nSPS) is 17.6. The third kappa shape index (κ3) is 2.97. The SMILES string of the molecule is O=C(NCC(O)C(F)(F)F)c1n[nH]c(C2CC2)n1. The molecule has 0 aromatic carbocycles. The number of amides is 1. The van der Waals surface area contributed by atoms with Crippen LogP contribution in [-0.2, 0) is 0 Å². The van der Waals surface area contributed by atoms with Crippen molar-refractivity contribution in [2.45, 2.75) is 31.0 Å². The minimum Gasteiger partial charge on any atom is -0.382 e. The van der Waals surface area contributed by atoms with Crippen molar-refractivity contribution in [2.24, 2.45) is 0 Å². The van der Waals surface area contributed by atoms with Gasteiger partial charge in [-0.05, 0) is 12.8 Å². The maximum absolute atomic E-state index is 12.0. The van der Waals surface area contributed by atoms with E-state index in [-0.39, 0.29) is 11.7 Å². The van der Waals surface area contributed by atoms with Crippen LogP contribution in [-0.4, -0.2) is 45.0 Å². The van der Waals surface area contributed by atoms with Crippen molar-refractivity contribution >= 4 is 5.91 Å². The summed E-state index contributed by atoms with van der Waals surface area (Å²) in [5.74, 6) is -0.232. The lowest BCUT2D eigenvalue weighted by molar-refractivity contribution is -0.201. The number of carbonyl (C=O) groups excluding carboxylic acids is 1. The quantitative estimate of drug-likeness (QED) is 0.731. The van der Waals surface area contributed by atoms with Gasteiger partial charge in [-0.2, -0.15) is 13.2 Å². The zero-order valence-electron chi connectivity index (χ0n) is 9.16. The van der Waals surface area contributed by atoms with Gasteiger partial charge in [0.15, 0.2) is 6.10 Å². The number of hydrogen-bond donors (Lipinski definition) is 3. The van der Waals surface area contributed by atoms with Crippen molar-refractivity contribution < 1.29 is 23.1 Å². The summed E-state index contributed by atoms with van der Waals surface area (Å²) in [5, 5.41) is 16.8. The highest BCUT2D eigenvalue weighted by Gasteiger charge is 2.38. The molecule has 0 bridgehead atoms. The summed E-state index contributed by atoms with van der Waals surface area (Å²) in [5.41, 5.74) is 0. The van der Waals surface area contributed by atoms with E-state index in [1.165, 1.54) is 0 Å². The molecule has 0 radical (unpaired) electrons. The van der Waals surface area contributed by atoms with Gasteiger partial charge in [0.2, 0.25) is 5.82 Å². The minimum absolute atomic E-state index is 0.216. The maximum Gasteiger partial charge on any atom is 0.416 e. The van der Waals surface area contributed by atoms with Gasteiger partial charge >= 0.3 is 6.18 Å². The molecule has 0 spiro atoms. The van der Waals surface area contributed by atoms with Crippen LogP contribution < -0.4 is 5.32 Å². The van der Waals surface area contributed by atoms with Crippen molar-refractivity contribution in [2.75, 3.05) is 6.54 Å². The molecule has 1 heterocycles. The third-order valence-corrected chi connectivity index (χ3v) is 2.50. The molecule has 1 aromatic heterocycles. The molecule has 6 nitrogen and oxygen atoms in total. The predicted octanol–water partition coefficient (Wildman–Crippen LogP) is 0.335. The number of nitrogens with one attached hydrogen (secondary N) is 2. The number of aromatic nitrogens is 3. The molecule has 1 atom stereocenters. The first-order chi connectivity index (χ1) is 8.38. The molecule has 18 heavy (non-hydrogen) atoms. The Morgan fingerprint density at radius 1 is 1.56 bits per heavy atom. The van der Waals surface area contributed by atoms with E-state index in [0.717, 1.165) is 12.8 Å². The summed E-state index contributed by atoms with van der Waals surface area (Å²) in [6, 6.07) is 0. The summed E-state index contributed by atoms with van der Waals surface area (Å²) in [7, 11) is 0. The molecule has 0 saturated heterocycles. The van der Waals surface area contributed by atoms with Crippen molar-refractivity contribution in [3.05, 3.63) is 11.6 Å². The number of rotatable bonds is 4. The molecule has 1 amide bonds. The molecular weight excluding hydrogens is 253 g/mol. The highest BCUT2D eigenvalue weighted by atomic mass is 19.4. The number of hydrogen-bond acceptors (Lipinski definition) is 4. The van der Waals surface area contributed by atoms with Gasteiger partial charge in [-0.15, -0.1) is 5.10 Å². The van der Waals surface area contributed by atoms with Crippen molar-refractivity contribution in [3.8, 4) is 0 Å². The van der Waals surface area contributed by atoms with E-state index in [2.05, 4.69) is 15.2 Å². The van der Waals surface area contributed by atoms with E-state index in [4.69, 9.17) is 5.11 Å². The van der Waals surface area contributed by atoms with E-state index in [0.29, 0.717) is 5.82 Å². The van der Waals surface area contributed by atoms with E-state index in [1.807, 2.05) is 5.32 Å². The number of nitrogens with zero attached hydrogens (tertiary/aromatic N) is 2. The summed E-state index contributed by atoms with van der Waals surface area (Å²) >= 11 is 0. The van der Waals surface area contributed by atoms with Crippen LogP contribution in [0.15, 0.2) is 0 Å². The Labute approximate surface area is 99.6 Å². The number of halogens is 3. The largest absolute Gasteiger partial charge is 0.416 e. The Hall–Kier alpha value is -1.64. The fraction of sp³-hybridized carbons (Fsp3) is 0.667. The molecular formula is C9H11F3N4O2. The van der Waals surface area contributed by atoms with Gasteiger partial charge in [-0.1, -0.05) is 0 Å². The number of alkyl halides is 3. The zero-order chi connectivity index (χ0) is 13.3. The number of aliphatic hydroxyl groups excluding tert-OH is 1. The summed E-state index contributed by atoms with van der Waals surface area (Å²) < 4.78 is 35.9. The highest BCUT2D eigenvalue weighted by molar-refractivity contribution is 5.90. The molecule has 0 aliphatic heterocycles. The molecule has 1 aromatic rings. The molecule has 1 aliphatic carbocycles. The van der Waals surface area contributed by atoms with Crippen LogP contribution in [0.1, 0.15) is 35.2 Å². The number of aliphatic hydroxyl groups is 1. The lowest BCUT2D eigenvalue weighted by Gasteiger charge is -2.14. The van der Waals surface area contributed by atoms with Gasteiger partial charge in [0.1, 0.15) is 5.82 Å². The summed E-state index contributed by atoms with van der Waals surface area (Å²) in [6.45, 7) is -0.921. The number of carbonyl (C=O) groups is 1. The molecule has 100 valence electrons. The lowest BCUT2D eigenvalue weighted by atomic mass is 10.3. The molecule has 2 rings (SSSR count). The Bertz CT molecular complexity index is 441. The Balaban J connectivity index is 1.87. The highest BCUT2D eigenvalue weighted by Crippen LogP contribution is 2.37. The van der Waals surface area contributed by atoms with E-state index < -0.39 is 24.7 Å². The van der Waals surface area contributed by atoms with Crippen molar-refractivity contribution in [1.29, 1.82) is 0 Å². The average Bonchev–Trinajstić information content (AvgIpc) is 3.02. The second kappa shape index (κ2) is 4.56. The van der Waals surface area contributed by atoms with Crippen molar-refractivity contribution in [1.82, 2.24) is 20.5 Å². The number of H-pyrrole nitrogens is 1. The predicted molar refractivity (Wildman–Crippen MR) is 52.8 cm³/mol. The van der Waals surface area contributed by atoms with Crippen LogP contribution >= 0.6 is 0 Å². The van der Waals surface area contributed by atoms with E-state index in [9.17, 15) is 18.0 Å². The first-order valence-corrected chi connectivity index (χ1v) is 5.33. The monoisotopic (exact) mass is 264 g/mol. The Kier molecular flexibility index (Phi) is 3.24. The average molecular weight is 264 g/mol. The van der Waals surface area contributed by atoms with E-state index >= 15 is 0 Å². The van der Waals surface area contributed by atoms with Gasteiger partial charge in [0.25, 0.3) is 5.91 Å². The van der Waals surface area contributed by atoms with Crippen LogP contribution in [0.3, 0.4) is 0 Å². The number of aromatic amines is 1. The fourth-order valence-electron chi connectivity index (χ4n) is 1.30. The Morgan fingerprint density at radius 3 is 2.78 bits per heavy atom. The maximum atomic E-state index is 12.0. The molecule has 9 heteroatoms. The molecule has 1 fully saturated rings. The molecule has 1 unspecified atom stereocenters. The molecule has 3 N–H and O–H groups in total. The van der Waals surface area contributed by atoms with Gasteiger partial charge in [-0.3, -0.25) is 9.89 Å². The first-order valence-electron chi connectivity index (χ1n) is 5.33. The van der Waals surface area contributed by atoms with E-state index in [1.54, 1.807) is 0 Å². The minimum atomic E-state index is -4.76. The topological polar surface area (TPSA) is 90.9 Å². The van der Waals surface area contributed by atoms with Gasteiger partial charge in [0, 0.05) is 5.92 Å². The first kappa shape index (κ1) is 12.8. The van der Waals surface area contributed by atoms with Crippen LogP contribution in [0, 0.1) is 0 Å². The van der Waals surface area contributed by atoms with Crippen LogP contribution in [0.5, 0.6) is 0 Å². The summed E-state index contributed by atoms with van der Waals surface area (Å²) in [4.78, 5) is 15.3. The second-order valence-corrected chi connectivity index (χ2v) is 4.09. The zero-order valence-corrected chi connectivity index (χ0v) is 9.16. The van der Waals surface area contributed by atoms with Gasteiger partial charge in [-0.25, -0.2) is 4.98 Å². The van der Waals surface area contributed by atoms with Crippen LogP contribution in [0.2, 0.25) is 0 Å².